The summed E-state index contributed by atoms with van der Waals surface area (Å²) < 4.78 is 0. The maximum absolute atomic E-state index is 10.8. The molecule has 1 rings (SSSR count). The molecule has 0 aromatic heterocycles. The molecule has 0 aliphatic carbocycles. The molecule has 3 N–H and O–H groups in total. The zero-order valence-corrected chi connectivity index (χ0v) is 10.5. The largest absolute Gasteiger partial charge is 0.481 e. The molecule has 0 amide bonds. The lowest BCUT2D eigenvalue weighted by atomic mass is 10.1. The maximum Gasteiger partial charge on any atom is 0.306 e. The van der Waals surface area contributed by atoms with Crippen LogP contribution in [0.4, 0.5) is 5.69 Å². The zero-order chi connectivity index (χ0) is 14.4. The van der Waals surface area contributed by atoms with Crippen molar-refractivity contribution in [1.82, 2.24) is 5.32 Å². The minimum atomic E-state index is -1.07. The number of aliphatic carboxylic acids is 1. The minimum Gasteiger partial charge on any atom is -0.481 e. The number of nitro benzene ring substituents is 1. The zero-order valence-electron chi connectivity index (χ0n) is 10.5. The molecular formula is C12H16N2O5. The molecule has 104 valence electrons. The summed E-state index contributed by atoms with van der Waals surface area (Å²) in [7, 11) is 0. The van der Waals surface area contributed by atoms with Gasteiger partial charge in [0.05, 0.1) is 17.4 Å². The number of nitro groups is 1. The molecule has 1 unspecified atom stereocenters. The van der Waals surface area contributed by atoms with Crippen LogP contribution in [-0.4, -0.2) is 33.8 Å². The van der Waals surface area contributed by atoms with Gasteiger partial charge in [0.1, 0.15) is 0 Å². The Bertz CT molecular complexity index is 475. The third-order valence-electron chi connectivity index (χ3n) is 2.72. The lowest BCUT2D eigenvalue weighted by molar-refractivity contribution is -0.385. The normalized spacial score (nSPS) is 12.1. The van der Waals surface area contributed by atoms with Crippen molar-refractivity contribution < 1.29 is 19.9 Å². The van der Waals surface area contributed by atoms with Gasteiger partial charge in [0.25, 0.3) is 5.69 Å². The van der Waals surface area contributed by atoms with Crippen molar-refractivity contribution in [3.05, 3.63) is 39.4 Å². The van der Waals surface area contributed by atoms with E-state index in [0.717, 1.165) is 5.56 Å². The van der Waals surface area contributed by atoms with Crippen LogP contribution in [-0.2, 0) is 11.3 Å². The quantitative estimate of drug-likeness (QED) is 0.498. The molecule has 1 aromatic rings. The van der Waals surface area contributed by atoms with E-state index < -0.39 is 17.0 Å². The summed E-state index contributed by atoms with van der Waals surface area (Å²) >= 11 is 0. The molecule has 19 heavy (non-hydrogen) atoms. The summed E-state index contributed by atoms with van der Waals surface area (Å²) in [5.74, 6) is -1.07. The van der Waals surface area contributed by atoms with Gasteiger partial charge in [-0.3, -0.25) is 14.9 Å². The molecule has 0 bridgehead atoms. The predicted octanol–water partition coefficient (Wildman–Crippen LogP) is 0.828. The number of hydrogen-bond donors (Lipinski definition) is 3. The van der Waals surface area contributed by atoms with Gasteiger partial charge < -0.3 is 15.5 Å². The van der Waals surface area contributed by atoms with Crippen LogP contribution in [0.25, 0.3) is 0 Å². The van der Waals surface area contributed by atoms with Crippen LogP contribution < -0.4 is 5.32 Å². The first kappa shape index (κ1) is 15.1. The van der Waals surface area contributed by atoms with E-state index in [1.54, 1.807) is 19.1 Å². The number of carbonyl (C=O) groups is 1. The molecule has 7 heteroatoms. The Hall–Kier alpha value is -1.99. The number of nitrogens with zero attached hydrogens (tertiary/aromatic N) is 1. The molecule has 1 atom stereocenters. The van der Waals surface area contributed by atoms with Crippen LogP contribution in [0.2, 0.25) is 0 Å². The highest BCUT2D eigenvalue weighted by atomic mass is 16.6. The molecule has 0 saturated carbocycles. The van der Waals surface area contributed by atoms with E-state index in [1.165, 1.54) is 6.07 Å². The highest BCUT2D eigenvalue weighted by molar-refractivity contribution is 5.67. The number of aliphatic hydroxyl groups excluding tert-OH is 1. The lowest BCUT2D eigenvalue weighted by Crippen LogP contribution is -2.28. The molecule has 1 aromatic carbocycles. The standard InChI is InChI=1S/C12H16N2O5/c1-8-9(3-2-4-11(8)14(18)19)6-13-7-10(15)5-12(16)17/h2-4,10,13,15H,5-7H2,1H3,(H,16,17). The van der Waals surface area contributed by atoms with E-state index in [9.17, 15) is 20.0 Å². The van der Waals surface area contributed by atoms with Crippen molar-refractivity contribution in [1.29, 1.82) is 0 Å². The molecule has 0 aliphatic heterocycles. The number of hydrogen-bond acceptors (Lipinski definition) is 5. The van der Waals surface area contributed by atoms with Gasteiger partial charge in [0, 0.05) is 24.7 Å². The van der Waals surface area contributed by atoms with Crippen molar-refractivity contribution in [2.24, 2.45) is 0 Å². The minimum absolute atomic E-state index is 0.0467. The van der Waals surface area contributed by atoms with E-state index in [4.69, 9.17) is 5.11 Å². The van der Waals surface area contributed by atoms with Crippen molar-refractivity contribution in [2.75, 3.05) is 6.54 Å². The Kier molecular flexibility index (Phi) is 5.40. The average molecular weight is 268 g/mol. The van der Waals surface area contributed by atoms with Crippen LogP contribution in [0.3, 0.4) is 0 Å². The van der Waals surface area contributed by atoms with Gasteiger partial charge in [-0.1, -0.05) is 12.1 Å². The van der Waals surface area contributed by atoms with Gasteiger partial charge in [-0.2, -0.15) is 0 Å². The van der Waals surface area contributed by atoms with Crippen LogP contribution in [0.1, 0.15) is 17.5 Å². The van der Waals surface area contributed by atoms with Gasteiger partial charge in [0.15, 0.2) is 0 Å². The lowest BCUT2D eigenvalue weighted by Gasteiger charge is -2.11. The van der Waals surface area contributed by atoms with E-state index in [0.29, 0.717) is 12.1 Å². The third-order valence-corrected chi connectivity index (χ3v) is 2.72. The molecule has 0 fully saturated rings. The SMILES string of the molecule is Cc1c(CNCC(O)CC(=O)O)cccc1[N+](=O)[O-]. The summed E-state index contributed by atoms with van der Waals surface area (Å²) in [6, 6.07) is 4.77. The highest BCUT2D eigenvalue weighted by Gasteiger charge is 2.13. The molecular weight excluding hydrogens is 252 g/mol. The van der Waals surface area contributed by atoms with Gasteiger partial charge in [-0.05, 0) is 12.5 Å². The fourth-order valence-electron chi connectivity index (χ4n) is 1.71. The Balaban J connectivity index is 2.57. The Morgan fingerprint density at radius 3 is 2.79 bits per heavy atom. The van der Waals surface area contributed by atoms with Crippen molar-refractivity contribution in [2.45, 2.75) is 26.0 Å². The van der Waals surface area contributed by atoms with Crippen LogP contribution in [0.5, 0.6) is 0 Å². The summed E-state index contributed by atoms with van der Waals surface area (Å²) in [5.41, 5.74) is 1.36. The van der Waals surface area contributed by atoms with E-state index in [1.807, 2.05) is 0 Å². The molecule has 7 nitrogen and oxygen atoms in total. The monoisotopic (exact) mass is 268 g/mol. The number of carboxylic acids is 1. The third kappa shape index (κ3) is 4.65. The Labute approximate surface area is 110 Å². The second-order valence-corrected chi connectivity index (χ2v) is 4.20. The molecule has 0 spiro atoms. The second-order valence-electron chi connectivity index (χ2n) is 4.20. The van der Waals surface area contributed by atoms with E-state index >= 15 is 0 Å². The molecule has 0 aliphatic rings. The molecule has 0 heterocycles. The summed E-state index contributed by atoms with van der Waals surface area (Å²) in [5, 5.41) is 31.5. The highest BCUT2D eigenvalue weighted by Crippen LogP contribution is 2.20. The van der Waals surface area contributed by atoms with Crippen molar-refractivity contribution in [3.8, 4) is 0 Å². The first-order valence-corrected chi connectivity index (χ1v) is 5.75. The van der Waals surface area contributed by atoms with E-state index in [-0.39, 0.29) is 18.7 Å². The van der Waals surface area contributed by atoms with Gasteiger partial charge in [-0.15, -0.1) is 0 Å². The maximum atomic E-state index is 10.8. The first-order chi connectivity index (χ1) is 8.91. The number of aliphatic hydroxyl groups is 1. The van der Waals surface area contributed by atoms with Gasteiger partial charge in [0.2, 0.25) is 0 Å². The fraction of sp³-hybridized carbons (Fsp3) is 0.417. The summed E-state index contributed by atoms with van der Waals surface area (Å²) in [4.78, 5) is 20.7. The van der Waals surface area contributed by atoms with Gasteiger partial charge >= 0.3 is 5.97 Å². The van der Waals surface area contributed by atoms with Crippen molar-refractivity contribution >= 4 is 11.7 Å². The predicted molar refractivity (Wildman–Crippen MR) is 67.8 cm³/mol. The number of carboxylic acid groups (broad SMARTS) is 1. The van der Waals surface area contributed by atoms with Crippen LogP contribution in [0.15, 0.2) is 18.2 Å². The fourth-order valence-corrected chi connectivity index (χ4v) is 1.71. The molecule has 0 radical (unpaired) electrons. The van der Waals surface area contributed by atoms with E-state index in [2.05, 4.69) is 5.32 Å². The average Bonchev–Trinajstić information content (AvgIpc) is 2.30. The number of nitrogens with one attached hydrogen (secondary N) is 1. The summed E-state index contributed by atoms with van der Waals surface area (Å²) in [6.07, 6.45) is -1.31. The van der Waals surface area contributed by atoms with Crippen LogP contribution >= 0.6 is 0 Å². The topological polar surface area (TPSA) is 113 Å². The number of benzene rings is 1. The molecule has 0 saturated heterocycles. The summed E-state index contributed by atoms with van der Waals surface area (Å²) in [6.45, 7) is 2.11. The Morgan fingerprint density at radius 1 is 1.53 bits per heavy atom. The number of rotatable bonds is 7. The first-order valence-electron chi connectivity index (χ1n) is 5.75. The van der Waals surface area contributed by atoms with Crippen LogP contribution in [0, 0.1) is 17.0 Å². The second kappa shape index (κ2) is 6.81. The van der Waals surface area contributed by atoms with Crippen molar-refractivity contribution in [3.63, 3.8) is 0 Å². The smallest absolute Gasteiger partial charge is 0.306 e. The Morgan fingerprint density at radius 2 is 2.21 bits per heavy atom. The van der Waals surface area contributed by atoms with Gasteiger partial charge in [-0.25, -0.2) is 0 Å².